The first-order valence-corrected chi connectivity index (χ1v) is 12.5. The summed E-state index contributed by atoms with van der Waals surface area (Å²) in [5, 5.41) is 3.19. The Hall–Kier alpha value is -1.93. The molecule has 1 heterocycles. The summed E-state index contributed by atoms with van der Waals surface area (Å²) < 4.78 is 32.5. The van der Waals surface area contributed by atoms with Crippen LogP contribution in [0.1, 0.15) is 52.9 Å². The minimum Gasteiger partial charge on any atom is -0.379 e. The summed E-state index contributed by atoms with van der Waals surface area (Å²) in [5.74, 6) is -0.394. The topological polar surface area (TPSA) is 75.7 Å². The van der Waals surface area contributed by atoms with Crippen molar-refractivity contribution < 1.29 is 17.9 Å². The smallest absolute Gasteiger partial charge is 0.253 e. The lowest BCUT2D eigenvalue weighted by Crippen LogP contribution is -2.40. The molecule has 0 unspecified atom stereocenters. The summed E-state index contributed by atoms with van der Waals surface area (Å²) in [6, 6.07) is 10.4. The van der Waals surface area contributed by atoms with E-state index in [4.69, 9.17) is 16.3 Å². The van der Waals surface area contributed by atoms with Crippen molar-refractivity contribution in [2.45, 2.75) is 43.5 Å². The van der Waals surface area contributed by atoms with Crippen molar-refractivity contribution in [3.8, 4) is 0 Å². The first-order chi connectivity index (χ1) is 14.9. The van der Waals surface area contributed by atoms with Gasteiger partial charge in [0.1, 0.15) is 0 Å². The molecule has 1 saturated heterocycles. The third-order valence-corrected chi connectivity index (χ3v) is 8.23. The van der Waals surface area contributed by atoms with Crippen LogP contribution in [0.3, 0.4) is 0 Å². The number of carbonyl (C=O) groups excluding carboxylic acids is 1. The molecule has 0 spiro atoms. The molecule has 0 radical (unpaired) electrons. The molecular formula is C23H27ClN2O4S. The number of rotatable bonds is 5. The fourth-order valence-corrected chi connectivity index (χ4v) is 5.79. The molecule has 166 valence electrons. The lowest BCUT2D eigenvalue weighted by atomic mass is 9.89. The highest BCUT2D eigenvalue weighted by atomic mass is 35.5. The lowest BCUT2D eigenvalue weighted by Gasteiger charge is -2.26. The molecule has 31 heavy (non-hydrogen) atoms. The minimum absolute atomic E-state index is 0.0605. The molecule has 0 bridgehead atoms. The molecule has 1 atom stereocenters. The lowest BCUT2D eigenvalue weighted by molar-refractivity contribution is 0.0730. The summed E-state index contributed by atoms with van der Waals surface area (Å²) >= 11 is 6.26. The van der Waals surface area contributed by atoms with Gasteiger partial charge in [0.2, 0.25) is 10.0 Å². The molecule has 1 aliphatic carbocycles. The molecule has 4 rings (SSSR count). The number of hydrogen-bond acceptors (Lipinski definition) is 4. The van der Waals surface area contributed by atoms with Crippen LogP contribution < -0.4 is 5.32 Å². The molecule has 2 aromatic carbocycles. The number of nitrogens with one attached hydrogen (secondary N) is 1. The van der Waals surface area contributed by atoms with E-state index in [0.717, 1.165) is 18.4 Å². The minimum atomic E-state index is -3.71. The van der Waals surface area contributed by atoms with Gasteiger partial charge in [0.05, 0.1) is 34.7 Å². The number of carbonyl (C=O) groups is 1. The number of hydrogen-bond donors (Lipinski definition) is 1. The highest BCUT2D eigenvalue weighted by Gasteiger charge is 2.28. The van der Waals surface area contributed by atoms with Gasteiger partial charge in [-0.2, -0.15) is 4.31 Å². The summed E-state index contributed by atoms with van der Waals surface area (Å²) in [4.78, 5) is 13.0. The highest BCUT2D eigenvalue weighted by molar-refractivity contribution is 7.89. The number of sulfonamides is 1. The van der Waals surface area contributed by atoms with Gasteiger partial charge in [0.15, 0.2) is 0 Å². The molecule has 1 fully saturated rings. The van der Waals surface area contributed by atoms with Gasteiger partial charge >= 0.3 is 0 Å². The van der Waals surface area contributed by atoms with E-state index in [9.17, 15) is 13.2 Å². The SMILES string of the molecule is C[C@@H](NC(=O)c1cc(S(=O)(=O)N2CCOCC2)ccc1Cl)c1ccc2c(c1)CCCC2. The Morgan fingerprint density at radius 3 is 2.52 bits per heavy atom. The number of morpholine rings is 1. The van der Waals surface area contributed by atoms with Crippen LogP contribution in [-0.4, -0.2) is 44.9 Å². The standard InChI is InChI=1S/C23H27ClN2O4S/c1-16(18-7-6-17-4-2-3-5-19(17)14-18)25-23(27)21-15-20(8-9-22(21)24)31(28,29)26-10-12-30-13-11-26/h6-9,14-16H,2-5,10-13H2,1H3,(H,25,27)/t16-/m1/s1. The zero-order chi connectivity index (χ0) is 22.0. The Morgan fingerprint density at radius 1 is 1.06 bits per heavy atom. The van der Waals surface area contributed by atoms with Crippen LogP contribution in [0.15, 0.2) is 41.3 Å². The van der Waals surface area contributed by atoms with Gasteiger partial charge in [-0.05, 0) is 67.5 Å². The number of benzene rings is 2. The van der Waals surface area contributed by atoms with Crippen LogP contribution in [0.4, 0.5) is 0 Å². The van der Waals surface area contributed by atoms with Crippen molar-refractivity contribution >= 4 is 27.5 Å². The van der Waals surface area contributed by atoms with E-state index in [1.54, 1.807) is 0 Å². The van der Waals surface area contributed by atoms with Crippen LogP contribution in [0.2, 0.25) is 5.02 Å². The predicted octanol–water partition coefficient (Wildman–Crippen LogP) is 3.73. The zero-order valence-corrected chi connectivity index (χ0v) is 19.1. The van der Waals surface area contributed by atoms with Crippen molar-refractivity contribution in [3.05, 3.63) is 63.7 Å². The van der Waals surface area contributed by atoms with Crippen molar-refractivity contribution in [2.75, 3.05) is 26.3 Å². The third-order valence-electron chi connectivity index (χ3n) is 6.01. The molecule has 1 aliphatic heterocycles. The Balaban J connectivity index is 1.53. The van der Waals surface area contributed by atoms with E-state index in [0.29, 0.717) is 26.3 Å². The Kier molecular flexibility index (Phi) is 6.67. The average molecular weight is 463 g/mol. The maximum Gasteiger partial charge on any atom is 0.253 e. The van der Waals surface area contributed by atoms with Crippen LogP contribution >= 0.6 is 11.6 Å². The zero-order valence-electron chi connectivity index (χ0n) is 17.6. The van der Waals surface area contributed by atoms with E-state index in [2.05, 4.69) is 23.5 Å². The van der Waals surface area contributed by atoms with Gasteiger partial charge in [-0.25, -0.2) is 8.42 Å². The maximum absolute atomic E-state index is 13.0. The molecule has 8 heteroatoms. The van der Waals surface area contributed by atoms with Gasteiger partial charge in [-0.15, -0.1) is 0 Å². The van der Waals surface area contributed by atoms with Gasteiger partial charge < -0.3 is 10.1 Å². The molecule has 6 nitrogen and oxygen atoms in total. The van der Waals surface area contributed by atoms with E-state index in [1.807, 2.05) is 6.92 Å². The second-order valence-electron chi connectivity index (χ2n) is 8.09. The number of nitrogens with zero attached hydrogens (tertiary/aromatic N) is 1. The largest absolute Gasteiger partial charge is 0.379 e. The Morgan fingerprint density at radius 2 is 1.77 bits per heavy atom. The van der Waals surface area contributed by atoms with E-state index in [-0.39, 0.29) is 21.5 Å². The van der Waals surface area contributed by atoms with Crippen LogP contribution in [0, 0.1) is 0 Å². The number of aryl methyl sites for hydroxylation is 2. The number of fused-ring (bicyclic) bond motifs is 1. The van der Waals surface area contributed by atoms with E-state index >= 15 is 0 Å². The Bertz CT molecular complexity index is 1080. The van der Waals surface area contributed by atoms with Gasteiger partial charge in [0, 0.05) is 13.1 Å². The van der Waals surface area contributed by atoms with Crippen LogP contribution in [0.5, 0.6) is 0 Å². The average Bonchev–Trinajstić information content (AvgIpc) is 2.79. The van der Waals surface area contributed by atoms with Gasteiger partial charge in [-0.3, -0.25) is 4.79 Å². The molecule has 2 aromatic rings. The Labute approximate surface area is 188 Å². The first-order valence-electron chi connectivity index (χ1n) is 10.7. The summed E-state index contributed by atoms with van der Waals surface area (Å²) in [7, 11) is -3.71. The highest BCUT2D eigenvalue weighted by Crippen LogP contribution is 2.27. The molecular weight excluding hydrogens is 436 g/mol. The fraction of sp³-hybridized carbons (Fsp3) is 0.435. The first kappa shape index (κ1) is 22.3. The molecule has 2 aliphatic rings. The molecule has 1 N–H and O–H groups in total. The summed E-state index contributed by atoms with van der Waals surface area (Å²) in [6.45, 7) is 3.23. The molecule has 0 aromatic heterocycles. The van der Waals surface area contributed by atoms with Crippen molar-refractivity contribution in [1.29, 1.82) is 0 Å². The molecule has 0 saturated carbocycles. The van der Waals surface area contributed by atoms with Crippen molar-refractivity contribution in [2.24, 2.45) is 0 Å². The van der Waals surface area contributed by atoms with E-state index in [1.165, 1.54) is 46.5 Å². The maximum atomic E-state index is 13.0. The number of halogens is 1. The number of amides is 1. The quantitative estimate of drug-likeness (QED) is 0.734. The van der Waals surface area contributed by atoms with E-state index < -0.39 is 15.9 Å². The van der Waals surface area contributed by atoms with Crippen molar-refractivity contribution in [1.82, 2.24) is 9.62 Å². The van der Waals surface area contributed by atoms with Gasteiger partial charge in [-0.1, -0.05) is 29.8 Å². The normalized spacial score (nSPS) is 18.3. The predicted molar refractivity (Wildman–Crippen MR) is 120 cm³/mol. The fourth-order valence-electron chi connectivity index (χ4n) is 4.16. The number of ether oxygens (including phenoxy) is 1. The van der Waals surface area contributed by atoms with Crippen molar-refractivity contribution in [3.63, 3.8) is 0 Å². The third kappa shape index (κ3) is 4.80. The second-order valence-corrected chi connectivity index (χ2v) is 10.4. The van der Waals surface area contributed by atoms with Gasteiger partial charge in [0.25, 0.3) is 5.91 Å². The van der Waals surface area contributed by atoms with Crippen LogP contribution in [-0.2, 0) is 27.6 Å². The molecule has 1 amide bonds. The van der Waals surface area contributed by atoms with Crippen LogP contribution in [0.25, 0.3) is 0 Å². The summed E-state index contributed by atoms with van der Waals surface area (Å²) in [6.07, 6.45) is 4.59. The second kappa shape index (κ2) is 9.28. The summed E-state index contributed by atoms with van der Waals surface area (Å²) in [5.41, 5.74) is 3.92. The monoisotopic (exact) mass is 462 g/mol.